The maximum absolute atomic E-state index is 12.2. The zero-order valence-corrected chi connectivity index (χ0v) is 11.6. The average Bonchev–Trinajstić information content (AvgIpc) is 2.80. The molecule has 100 valence electrons. The van der Waals surface area contributed by atoms with Crippen LogP contribution in [-0.4, -0.2) is 10.8 Å². The minimum Gasteiger partial charge on any atom is -0.440 e. The van der Waals surface area contributed by atoms with E-state index in [2.05, 4.69) is 4.98 Å². The fraction of sp³-hybridized carbons (Fsp3) is 0.125. The van der Waals surface area contributed by atoms with Crippen LogP contribution in [0, 0.1) is 6.92 Å². The van der Waals surface area contributed by atoms with E-state index in [1.807, 2.05) is 37.3 Å². The number of nitrogens with zero attached hydrogens (tertiary/aromatic N) is 1. The van der Waals surface area contributed by atoms with Crippen LogP contribution in [0.2, 0.25) is 5.02 Å². The number of rotatable bonds is 3. The minimum atomic E-state index is -0.0958. The Morgan fingerprint density at radius 3 is 2.80 bits per heavy atom. The zero-order chi connectivity index (χ0) is 14.1. The van der Waals surface area contributed by atoms with Crippen molar-refractivity contribution in [2.75, 3.05) is 0 Å². The quantitative estimate of drug-likeness (QED) is 0.677. The number of halogens is 1. The molecule has 0 aliphatic rings. The number of fused-ring (bicyclic) bond motifs is 1. The number of aromatic nitrogens is 1. The van der Waals surface area contributed by atoms with Gasteiger partial charge in [0.2, 0.25) is 5.89 Å². The lowest BCUT2D eigenvalue weighted by Gasteiger charge is -2.02. The van der Waals surface area contributed by atoms with Crippen molar-refractivity contribution in [2.24, 2.45) is 0 Å². The second kappa shape index (κ2) is 5.10. The number of para-hydroxylation sites is 2. The molecule has 2 aromatic carbocycles. The first kappa shape index (κ1) is 12.9. The van der Waals surface area contributed by atoms with Crippen LogP contribution < -0.4 is 0 Å². The van der Waals surface area contributed by atoms with Crippen molar-refractivity contribution < 1.29 is 9.21 Å². The van der Waals surface area contributed by atoms with Gasteiger partial charge in [0, 0.05) is 5.56 Å². The lowest BCUT2D eigenvalue weighted by molar-refractivity contribution is 0.0986. The van der Waals surface area contributed by atoms with Gasteiger partial charge in [0.15, 0.2) is 11.4 Å². The van der Waals surface area contributed by atoms with E-state index in [-0.39, 0.29) is 12.2 Å². The van der Waals surface area contributed by atoms with Crippen molar-refractivity contribution >= 4 is 28.5 Å². The maximum Gasteiger partial charge on any atom is 0.203 e. The third-order valence-electron chi connectivity index (χ3n) is 3.07. The first-order valence-corrected chi connectivity index (χ1v) is 6.65. The van der Waals surface area contributed by atoms with Gasteiger partial charge >= 0.3 is 0 Å². The monoisotopic (exact) mass is 285 g/mol. The third-order valence-corrected chi connectivity index (χ3v) is 3.39. The van der Waals surface area contributed by atoms with Gasteiger partial charge in [0.25, 0.3) is 0 Å². The molecule has 0 unspecified atom stereocenters. The second-order valence-electron chi connectivity index (χ2n) is 4.66. The van der Waals surface area contributed by atoms with Crippen molar-refractivity contribution in [2.45, 2.75) is 13.3 Å². The molecule has 0 saturated heterocycles. The van der Waals surface area contributed by atoms with Crippen LogP contribution in [0.1, 0.15) is 21.8 Å². The molecule has 0 aliphatic carbocycles. The van der Waals surface area contributed by atoms with Crippen LogP contribution in [-0.2, 0) is 6.42 Å². The van der Waals surface area contributed by atoms with Gasteiger partial charge < -0.3 is 4.42 Å². The number of hydrogen-bond donors (Lipinski definition) is 0. The molecule has 3 aromatic rings. The van der Waals surface area contributed by atoms with Crippen LogP contribution in [0.5, 0.6) is 0 Å². The van der Waals surface area contributed by atoms with Crippen LogP contribution >= 0.6 is 11.6 Å². The molecule has 3 rings (SSSR count). The summed E-state index contributed by atoms with van der Waals surface area (Å²) in [6.07, 6.45) is 0.109. The van der Waals surface area contributed by atoms with E-state index in [1.54, 1.807) is 12.1 Å². The van der Waals surface area contributed by atoms with Crippen molar-refractivity contribution in [3.8, 4) is 0 Å². The molecule has 0 N–H and O–H groups in total. The number of carbonyl (C=O) groups excluding carboxylic acids is 1. The summed E-state index contributed by atoms with van der Waals surface area (Å²) in [6.45, 7) is 1.93. The van der Waals surface area contributed by atoms with Crippen LogP contribution in [0.15, 0.2) is 46.9 Å². The Morgan fingerprint density at radius 2 is 2.05 bits per heavy atom. The van der Waals surface area contributed by atoms with Crippen molar-refractivity contribution in [3.05, 3.63) is 64.5 Å². The highest BCUT2D eigenvalue weighted by molar-refractivity contribution is 6.34. The molecule has 0 spiro atoms. The van der Waals surface area contributed by atoms with Crippen LogP contribution in [0.25, 0.3) is 11.1 Å². The molecule has 20 heavy (non-hydrogen) atoms. The molecule has 1 heterocycles. The summed E-state index contributed by atoms with van der Waals surface area (Å²) >= 11 is 6.10. The number of aryl methyl sites for hydroxylation is 1. The molecule has 4 heteroatoms. The molecule has 0 radical (unpaired) electrons. The van der Waals surface area contributed by atoms with E-state index in [9.17, 15) is 4.79 Å². The van der Waals surface area contributed by atoms with Gasteiger partial charge in [-0.1, -0.05) is 29.8 Å². The van der Waals surface area contributed by atoms with E-state index < -0.39 is 0 Å². The van der Waals surface area contributed by atoms with Gasteiger partial charge in [-0.15, -0.1) is 0 Å². The normalized spacial score (nSPS) is 10.9. The van der Waals surface area contributed by atoms with E-state index in [0.29, 0.717) is 22.1 Å². The predicted molar refractivity (Wildman–Crippen MR) is 78.2 cm³/mol. The van der Waals surface area contributed by atoms with Gasteiger partial charge in [-0.3, -0.25) is 4.79 Å². The van der Waals surface area contributed by atoms with Crippen LogP contribution in [0.3, 0.4) is 0 Å². The molecular weight excluding hydrogens is 274 g/mol. The summed E-state index contributed by atoms with van der Waals surface area (Å²) in [5.74, 6) is 0.314. The molecule has 0 amide bonds. The first-order chi connectivity index (χ1) is 9.63. The molecule has 0 atom stereocenters. The first-order valence-electron chi connectivity index (χ1n) is 6.27. The molecule has 0 bridgehead atoms. The maximum atomic E-state index is 12.2. The highest BCUT2D eigenvalue weighted by Gasteiger charge is 2.15. The zero-order valence-electron chi connectivity index (χ0n) is 10.9. The Labute approximate surface area is 121 Å². The van der Waals surface area contributed by atoms with Crippen molar-refractivity contribution in [1.29, 1.82) is 0 Å². The van der Waals surface area contributed by atoms with E-state index in [1.165, 1.54) is 0 Å². The van der Waals surface area contributed by atoms with E-state index >= 15 is 0 Å². The second-order valence-corrected chi connectivity index (χ2v) is 5.07. The predicted octanol–water partition coefficient (Wildman–Crippen LogP) is 4.22. The van der Waals surface area contributed by atoms with Gasteiger partial charge in [0.1, 0.15) is 5.52 Å². The smallest absolute Gasteiger partial charge is 0.203 e. The summed E-state index contributed by atoms with van der Waals surface area (Å²) in [5.41, 5.74) is 2.96. The van der Waals surface area contributed by atoms with Gasteiger partial charge in [-0.05, 0) is 36.8 Å². The van der Waals surface area contributed by atoms with Gasteiger partial charge in [-0.25, -0.2) is 4.98 Å². The highest BCUT2D eigenvalue weighted by Crippen LogP contribution is 2.21. The molecule has 3 nitrogen and oxygen atoms in total. The fourth-order valence-corrected chi connectivity index (χ4v) is 2.41. The van der Waals surface area contributed by atoms with Gasteiger partial charge in [-0.2, -0.15) is 0 Å². The molecule has 1 aromatic heterocycles. The Balaban J connectivity index is 1.88. The van der Waals surface area contributed by atoms with Crippen molar-refractivity contribution in [3.63, 3.8) is 0 Å². The summed E-state index contributed by atoms with van der Waals surface area (Å²) in [6, 6.07) is 12.8. The van der Waals surface area contributed by atoms with Gasteiger partial charge in [0.05, 0.1) is 11.4 Å². The Morgan fingerprint density at radius 1 is 1.25 bits per heavy atom. The SMILES string of the molecule is Cc1ccc(C(=O)Cc2nc3ccccc3o2)c(Cl)c1. The number of carbonyl (C=O) groups is 1. The number of oxazole rings is 1. The fourth-order valence-electron chi connectivity index (χ4n) is 2.07. The standard InChI is InChI=1S/C16H12ClNO2/c1-10-6-7-11(12(17)8-10)14(19)9-16-18-13-4-2-3-5-15(13)20-16/h2-8H,9H2,1H3. The number of ketones is 1. The third kappa shape index (κ3) is 2.45. The number of benzene rings is 2. The summed E-state index contributed by atoms with van der Waals surface area (Å²) in [7, 11) is 0. The summed E-state index contributed by atoms with van der Waals surface area (Å²) < 4.78 is 5.55. The van der Waals surface area contributed by atoms with Crippen molar-refractivity contribution in [1.82, 2.24) is 4.98 Å². The number of hydrogen-bond acceptors (Lipinski definition) is 3. The largest absolute Gasteiger partial charge is 0.440 e. The summed E-state index contributed by atoms with van der Waals surface area (Å²) in [5, 5.41) is 0.464. The van der Waals surface area contributed by atoms with E-state index in [0.717, 1.165) is 11.1 Å². The minimum absolute atomic E-state index is 0.0958. The average molecular weight is 286 g/mol. The number of Topliss-reactive ketones (excluding diaryl/α,β-unsaturated/α-hetero) is 1. The lowest BCUT2D eigenvalue weighted by atomic mass is 10.1. The molecular formula is C16H12ClNO2. The molecule has 0 fully saturated rings. The summed E-state index contributed by atoms with van der Waals surface area (Å²) in [4.78, 5) is 16.5. The van der Waals surface area contributed by atoms with Crippen LogP contribution in [0.4, 0.5) is 0 Å². The Bertz CT molecular complexity index is 759. The Hall–Kier alpha value is -2.13. The molecule has 0 aliphatic heterocycles. The Kier molecular flexibility index (Phi) is 3.28. The molecule has 0 saturated carbocycles. The van der Waals surface area contributed by atoms with E-state index in [4.69, 9.17) is 16.0 Å². The highest BCUT2D eigenvalue weighted by atomic mass is 35.5. The lowest BCUT2D eigenvalue weighted by Crippen LogP contribution is -2.04. The topological polar surface area (TPSA) is 43.1 Å².